The number of ether oxygens (including phenoxy) is 2. The molecule has 252 valence electrons. The van der Waals surface area contributed by atoms with E-state index in [4.69, 9.17) is 32.7 Å². The van der Waals surface area contributed by atoms with Gasteiger partial charge in [0, 0.05) is 62.6 Å². The molecule has 0 aliphatic rings. The van der Waals surface area contributed by atoms with Crippen LogP contribution in [-0.2, 0) is 6.42 Å². The van der Waals surface area contributed by atoms with Gasteiger partial charge in [-0.1, -0.05) is 29.3 Å². The maximum Gasteiger partial charge on any atom is 0.274 e. The number of hydrogen-bond donors (Lipinski definition) is 2. The van der Waals surface area contributed by atoms with Gasteiger partial charge < -0.3 is 20.1 Å². The van der Waals surface area contributed by atoms with Gasteiger partial charge in [-0.2, -0.15) is 5.26 Å². The number of aryl methyl sites for hydroxylation is 2. The highest BCUT2D eigenvalue weighted by atomic mass is 35.5. The van der Waals surface area contributed by atoms with Crippen LogP contribution in [0.4, 0.5) is 11.4 Å². The molecule has 12 heteroatoms. The molecule has 3 heterocycles. The lowest BCUT2D eigenvalue weighted by Gasteiger charge is -2.12. The fourth-order valence-corrected chi connectivity index (χ4v) is 5.47. The third kappa shape index (κ3) is 9.45. The predicted molar refractivity (Wildman–Crippen MR) is 195 cm³/mol. The highest BCUT2D eigenvalue weighted by Crippen LogP contribution is 2.30. The summed E-state index contributed by atoms with van der Waals surface area (Å²) in [6, 6.07) is 29.1. The van der Waals surface area contributed by atoms with Crippen LogP contribution < -0.4 is 20.1 Å². The summed E-state index contributed by atoms with van der Waals surface area (Å²) in [5.74, 6) is 0.976. The van der Waals surface area contributed by atoms with Gasteiger partial charge in [-0.15, -0.1) is 0 Å². The van der Waals surface area contributed by atoms with Gasteiger partial charge in [-0.05, 0) is 98.3 Å². The van der Waals surface area contributed by atoms with E-state index in [9.17, 15) is 14.9 Å². The van der Waals surface area contributed by atoms with E-state index in [-0.39, 0.29) is 17.2 Å². The van der Waals surface area contributed by atoms with E-state index >= 15 is 0 Å². The first kappa shape index (κ1) is 34.6. The van der Waals surface area contributed by atoms with E-state index < -0.39 is 5.91 Å². The van der Waals surface area contributed by atoms with Crippen LogP contribution in [0.25, 0.3) is 0 Å². The van der Waals surface area contributed by atoms with E-state index in [0.29, 0.717) is 67.7 Å². The molecule has 0 bridgehead atoms. The van der Waals surface area contributed by atoms with Crippen molar-refractivity contribution in [3.8, 4) is 29.1 Å². The van der Waals surface area contributed by atoms with Crippen molar-refractivity contribution in [3.63, 3.8) is 0 Å². The molecule has 2 N–H and O–H groups in total. The molecular weight excluding hydrogens is 687 g/mol. The van der Waals surface area contributed by atoms with Gasteiger partial charge in [0.2, 0.25) is 0 Å². The van der Waals surface area contributed by atoms with Gasteiger partial charge in [0.05, 0.1) is 24.0 Å². The van der Waals surface area contributed by atoms with Crippen molar-refractivity contribution in [2.45, 2.75) is 20.3 Å². The quantitative estimate of drug-likeness (QED) is 0.143. The molecule has 0 fully saturated rings. The monoisotopic (exact) mass is 714 g/mol. The molecule has 0 saturated carbocycles. The Labute approximate surface area is 303 Å². The first-order valence-electron chi connectivity index (χ1n) is 15.5. The van der Waals surface area contributed by atoms with Crippen LogP contribution >= 0.6 is 23.2 Å². The third-order valence-corrected chi connectivity index (χ3v) is 7.74. The molecule has 51 heavy (non-hydrogen) atoms. The Morgan fingerprint density at radius 1 is 0.706 bits per heavy atom. The van der Waals surface area contributed by atoms with Gasteiger partial charge in [0.1, 0.15) is 28.7 Å². The Morgan fingerprint density at radius 3 is 1.94 bits per heavy atom. The number of anilines is 2. The average Bonchev–Trinajstić information content (AvgIpc) is 3.09. The lowest BCUT2D eigenvalue weighted by atomic mass is 10.0. The first-order chi connectivity index (χ1) is 24.6. The molecule has 0 unspecified atom stereocenters. The van der Waals surface area contributed by atoms with Crippen LogP contribution in [0.5, 0.6) is 23.0 Å². The largest absolute Gasteiger partial charge is 0.456 e. The number of rotatable bonds is 10. The molecule has 3 aromatic carbocycles. The number of amides is 2. The molecule has 2 amide bonds. The van der Waals surface area contributed by atoms with Gasteiger partial charge in [-0.25, -0.2) is 4.98 Å². The normalized spacial score (nSPS) is 10.6. The number of carbonyl (C=O) groups excluding carboxylic acids is 2. The third-order valence-electron chi connectivity index (χ3n) is 7.30. The summed E-state index contributed by atoms with van der Waals surface area (Å²) in [5.41, 5.74) is 4.71. The minimum absolute atomic E-state index is 0.280. The minimum atomic E-state index is -0.428. The Bertz CT molecular complexity index is 2290. The van der Waals surface area contributed by atoms with Crippen molar-refractivity contribution in [3.05, 3.63) is 159 Å². The molecule has 0 radical (unpaired) electrons. The van der Waals surface area contributed by atoms with Crippen molar-refractivity contribution in [1.82, 2.24) is 15.0 Å². The zero-order chi connectivity index (χ0) is 35.9. The number of nitrogens with zero attached hydrogens (tertiary/aromatic N) is 4. The van der Waals surface area contributed by atoms with E-state index in [0.717, 1.165) is 11.4 Å². The first-order valence-corrected chi connectivity index (χ1v) is 16.3. The number of pyridine rings is 3. The molecule has 6 rings (SSSR count). The number of carbonyl (C=O) groups is 2. The fourth-order valence-electron chi connectivity index (χ4n) is 5.02. The van der Waals surface area contributed by atoms with Gasteiger partial charge in [-0.3, -0.25) is 19.6 Å². The fraction of sp³-hybridized carbons (Fsp3) is 0.0769. The zero-order valence-electron chi connectivity index (χ0n) is 27.3. The van der Waals surface area contributed by atoms with Crippen LogP contribution in [0.1, 0.15) is 49.1 Å². The zero-order valence-corrected chi connectivity index (χ0v) is 28.8. The van der Waals surface area contributed by atoms with E-state index in [1.54, 1.807) is 91.3 Å². The highest BCUT2D eigenvalue weighted by molar-refractivity contribution is 6.31. The highest BCUT2D eigenvalue weighted by Gasteiger charge is 2.14. The number of nitriles is 1. The molecule has 0 spiro atoms. The maximum absolute atomic E-state index is 13.3. The van der Waals surface area contributed by atoms with Gasteiger partial charge in [0.15, 0.2) is 0 Å². The number of nitrogens with one attached hydrogen (secondary N) is 2. The van der Waals surface area contributed by atoms with Gasteiger partial charge >= 0.3 is 0 Å². The van der Waals surface area contributed by atoms with Crippen LogP contribution in [0, 0.1) is 25.2 Å². The lowest BCUT2D eigenvalue weighted by Crippen LogP contribution is -2.14. The van der Waals surface area contributed by atoms with Gasteiger partial charge in [0.25, 0.3) is 11.8 Å². The standard InChI is InChI=1S/C39H28Cl2N6O4/c1-23-6-8-33(21-43-23)50-35-16-28(40)14-31(18-35)46-38(48)27-11-25(10-26(12-27)20-42)13-30-7-9-34(22-44-30)51-36-17-29(41)15-32(19-36)47-39(49)37-5-3-4-24(2)45-37/h3-12,14-19,21-22H,13H2,1-2H3,(H,46,48)(H,47,49). The summed E-state index contributed by atoms with van der Waals surface area (Å²) in [6.07, 6.45) is 3.50. The molecule has 0 saturated heterocycles. The number of hydrogen-bond acceptors (Lipinski definition) is 8. The van der Waals surface area contributed by atoms with Crippen molar-refractivity contribution >= 4 is 46.4 Å². The van der Waals surface area contributed by atoms with E-state index in [1.165, 1.54) is 6.07 Å². The van der Waals surface area contributed by atoms with Crippen molar-refractivity contribution in [1.29, 1.82) is 5.26 Å². The summed E-state index contributed by atoms with van der Waals surface area (Å²) in [6.45, 7) is 3.68. The van der Waals surface area contributed by atoms with Crippen LogP contribution in [0.2, 0.25) is 10.0 Å². The summed E-state index contributed by atoms with van der Waals surface area (Å²) < 4.78 is 11.8. The SMILES string of the molecule is Cc1ccc(Oc2cc(Cl)cc(NC(=O)c3cc(C#N)cc(Cc4ccc(Oc5cc(Cl)cc(NC(=O)c6cccc(C)n6)c5)cn4)c3)c2)cn1. The van der Waals surface area contributed by atoms with Crippen LogP contribution in [-0.4, -0.2) is 26.8 Å². The molecule has 0 aliphatic carbocycles. The van der Waals surface area contributed by atoms with Crippen molar-refractivity contribution in [2.75, 3.05) is 10.6 Å². The average molecular weight is 716 g/mol. The van der Waals surface area contributed by atoms with E-state index in [2.05, 4.69) is 31.7 Å². The maximum atomic E-state index is 13.3. The summed E-state index contributed by atoms with van der Waals surface area (Å²) >= 11 is 12.6. The van der Waals surface area contributed by atoms with Crippen molar-refractivity contribution < 1.29 is 19.1 Å². The van der Waals surface area contributed by atoms with Crippen LogP contribution in [0.3, 0.4) is 0 Å². The molecule has 6 aromatic rings. The molecule has 3 aromatic heterocycles. The van der Waals surface area contributed by atoms with E-state index in [1.807, 2.05) is 26.0 Å². The topological polar surface area (TPSA) is 139 Å². The molecule has 0 atom stereocenters. The second-order valence-corrected chi connectivity index (χ2v) is 12.3. The second-order valence-electron chi connectivity index (χ2n) is 11.5. The number of aromatic nitrogens is 3. The number of halogens is 2. The van der Waals surface area contributed by atoms with Crippen molar-refractivity contribution in [2.24, 2.45) is 0 Å². The smallest absolute Gasteiger partial charge is 0.274 e. The minimum Gasteiger partial charge on any atom is -0.456 e. The lowest BCUT2D eigenvalue weighted by molar-refractivity contribution is 0.101. The summed E-state index contributed by atoms with van der Waals surface area (Å²) in [5, 5.41) is 16.1. The molecular formula is C39H28Cl2N6O4. The summed E-state index contributed by atoms with van der Waals surface area (Å²) in [4.78, 5) is 39.0. The second kappa shape index (κ2) is 15.5. The molecule has 0 aliphatic heterocycles. The Hall–Kier alpha value is -6.28. The predicted octanol–water partition coefficient (Wildman–Crippen LogP) is 9.35. The Balaban J connectivity index is 1.12. The Morgan fingerprint density at radius 2 is 1.35 bits per heavy atom. The van der Waals surface area contributed by atoms with Crippen LogP contribution in [0.15, 0.2) is 109 Å². The number of benzene rings is 3. The molecule has 10 nitrogen and oxygen atoms in total. The summed E-state index contributed by atoms with van der Waals surface area (Å²) in [7, 11) is 0. The Kier molecular flexibility index (Phi) is 10.5.